The summed E-state index contributed by atoms with van der Waals surface area (Å²) in [5.74, 6) is 0.00606. The monoisotopic (exact) mass is 256 g/mol. The zero-order chi connectivity index (χ0) is 13.8. The van der Waals surface area contributed by atoms with Gasteiger partial charge in [0.05, 0.1) is 0 Å². The molecule has 5 heteroatoms. The van der Waals surface area contributed by atoms with Gasteiger partial charge in [0.2, 0.25) is 11.8 Å². The zero-order valence-electron chi connectivity index (χ0n) is 10.00. The molecule has 0 aliphatic heterocycles. The lowest BCUT2D eigenvalue weighted by Crippen LogP contribution is -2.10. The van der Waals surface area contributed by atoms with Crippen molar-refractivity contribution >= 4 is 11.8 Å². The zero-order valence-corrected chi connectivity index (χ0v) is 10.00. The van der Waals surface area contributed by atoms with Crippen LogP contribution in [0.1, 0.15) is 20.7 Å². The Morgan fingerprint density at radius 3 is 2.00 bits per heavy atom. The number of primary amides is 2. The van der Waals surface area contributed by atoms with Gasteiger partial charge in [0.15, 0.2) is 0 Å². The first-order chi connectivity index (χ1) is 9.06. The molecule has 19 heavy (non-hydrogen) atoms. The number of hydrogen-bond donors (Lipinski definition) is 2. The van der Waals surface area contributed by atoms with E-state index in [1.165, 1.54) is 0 Å². The Bertz CT molecular complexity index is 621. The first kappa shape index (κ1) is 12.6. The number of benzene rings is 2. The van der Waals surface area contributed by atoms with Crippen LogP contribution >= 0.6 is 0 Å². The molecule has 0 spiro atoms. The van der Waals surface area contributed by atoms with Gasteiger partial charge in [-0.25, -0.2) is 0 Å². The first-order valence-electron chi connectivity index (χ1n) is 5.54. The summed E-state index contributed by atoms with van der Waals surface area (Å²) in [6.07, 6.45) is 0. The highest BCUT2D eigenvalue weighted by atomic mass is 16.5. The molecule has 0 bridgehead atoms. The second-order valence-electron chi connectivity index (χ2n) is 3.88. The molecule has 4 N–H and O–H groups in total. The molecule has 0 heterocycles. The largest absolute Gasteiger partial charge is 0.457 e. The van der Waals surface area contributed by atoms with Crippen molar-refractivity contribution in [3.05, 3.63) is 59.7 Å². The van der Waals surface area contributed by atoms with Crippen LogP contribution in [0.25, 0.3) is 0 Å². The van der Waals surface area contributed by atoms with E-state index in [0.717, 1.165) is 0 Å². The second kappa shape index (κ2) is 5.22. The van der Waals surface area contributed by atoms with Gasteiger partial charge in [-0.05, 0) is 42.5 Å². The van der Waals surface area contributed by atoms with Gasteiger partial charge < -0.3 is 16.2 Å². The van der Waals surface area contributed by atoms with Crippen molar-refractivity contribution in [2.75, 3.05) is 0 Å². The molecular weight excluding hydrogens is 244 g/mol. The van der Waals surface area contributed by atoms with E-state index in [1.54, 1.807) is 48.5 Å². The Morgan fingerprint density at radius 2 is 1.42 bits per heavy atom. The maximum absolute atomic E-state index is 11.0. The molecule has 96 valence electrons. The molecule has 0 aromatic heterocycles. The molecule has 0 unspecified atom stereocenters. The topological polar surface area (TPSA) is 95.4 Å². The molecule has 0 aliphatic rings. The van der Waals surface area contributed by atoms with Gasteiger partial charge >= 0.3 is 0 Å². The fourth-order valence-electron chi connectivity index (χ4n) is 1.54. The summed E-state index contributed by atoms with van der Waals surface area (Å²) in [6.45, 7) is 0. The SMILES string of the molecule is NC(=O)c1ccc(Oc2cccc(C(N)=O)c2)cc1. The van der Waals surface area contributed by atoms with Crippen LogP contribution in [-0.4, -0.2) is 11.8 Å². The van der Waals surface area contributed by atoms with E-state index >= 15 is 0 Å². The fraction of sp³-hybridized carbons (Fsp3) is 0. The highest BCUT2D eigenvalue weighted by Gasteiger charge is 2.04. The number of amides is 2. The molecule has 0 atom stereocenters. The van der Waals surface area contributed by atoms with Gasteiger partial charge in [-0.3, -0.25) is 9.59 Å². The van der Waals surface area contributed by atoms with Crippen molar-refractivity contribution in [2.24, 2.45) is 11.5 Å². The normalized spacial score (nSPS) is 9.89. The predicted molar refractivity (Wildman–Crippen MR) is 70.0 cm³/mol. The van der Waals surface area contributed by atoms with Crippen molar-refractivity contribution in [3.8, 4) is 11.5 Å². The summed E-state index contributed by atoms with van der Waals surface area (Å²) in [5, 5.41) is 0. The van der Waals surface area contributed by atoms with E-state index in [-0.39, 0.29) is 0 Å². The van der Waals surface area contributed by atoms with Crippen LogP contribution < -0.4 is 16.2 Å². The first-order valence-corrected chi connectivity index (χ1v) is 5.54. The van der Waals surface area contributed by atoms with Gasteiger partial charge in [-0.1, -0.05) is 6.07 Å². The molecular formula is C14H12N2O3. The lowest BCUT2D eigenvalue weighted by atomic mass is 10.2. The smallest absolute Gasteiger partial charge is 0.248 e. The average molecular weight is 256 g/mol. The van der Waals surface area contributed by atoms with Crippen LogP contribution in [0.2, 0.25) is 0 Å². The summed E-state index contributed by atoms with van der Waals surface area (Å²) >= 11 is 0. The van der Waals surface area contributed by atoms with Gasteiger partial charge in [0, 0.05) is 11.1 Å². The number of carbonyl (C=O) groups is 2. The Labute approximate surface area is 109 Å². The molecule has 2 amide bonds. The minimum Gasteiger partial charge on any atom is -0.457 e. The number of carbonyl (C=O) groups excluding carboxylic acids is 2. The molecule has 0 aliphatic carbocycles. The van der Waals surface area contributed by atoms with Gasteiger partial charge in [-0.15, -0.1) is 0 Å². The van der Waals surface area contributed by atoms with Crippen molar-refractivity contribution < 1.29 is 14.3 Å². The summed E-state index contributed by atoms with van der Waals surface area (Å²) in [6, 6.07) is 12.9. The van der Waals surface area contributed by atoms with E-state index in [9.17, 15) is 9.59 Å². The van der Waals surface area contributed by atoms with E-state index < -0.39 is 11.8 Å². The molecule has 2 aromatic carbocycles. The minimum absolute atomic E-state index is 0.367. The van der Waals surface area contributed by atoms with Crippen molar-refractivity contribution in [1.82, 2.24) is 0 Å². The lowest BCUT2D eigenvalue weighted by molar-refractivity contribution is 0.0991. The number of nitrogens with two attached hydrogens (primary N) is 2. The maximum atomic E-state index is 11.0. The van der Waals surface area contributed by atoms with E-state index in [2.05, 4.69) is 0 Å². The highest BCUT2D eigenvalue weighted by Crippen LogP contribution is 2.22. The summed E-state index contributed by atoms with van der Waals surface area (Å²) in [7, 11) is 0. The van der Waals surface area contributed by atoms with Crippen LogP contribution in [0, 0.1) is 0 Å². The molecule has 2 rings (SSSR count). The Morgan fingerprint density at radius 1 is 0.789 bits per heavy atom. The van der Waals surface area contributed by atoms with Crippen LogP contribution in [0.15, 0.2) is 48.5 Å². The quantitative estimate of drug-likeness (QED) is 0.871. The summed E-state index contributed by atoms with van der Waals surface area (Å²) in [4.78, 5) is 22.0. The third-order valence-electron chi connectivity index (χ3n) is 2.49. The van der Waals surface area contributed by atoms with E-state index in [0.29, 0.717) is 22.6 Å². The van der Waals surface area contributed by atoms with Crippen LogP contribution in [0.3, 0.4) is 0 Å². The van der Waals surface area contributed by atoms with Crippen molar-refractivity contribution in [1.29, 1.82) is 0 Å². The van der Waals surface area contributed by atoms with Gasteiger partial charge in [-0.2, -0.15) is 0 Å². The van der Waals surface area contributed by atoms with Crippen molar-refractivity contribution in [2.45, 2.75) is 0 Å². The maximum Gasteiger partial charge on any atom is 0.248 e. The van der Waals surface area contributed by atoms with Crippen LogP contribution in [-0.2, 0) is 0 Å². The third-order valence-corrected chi connectivity index (χ3v) is 2.49. The van der Waals surface area contributed by atoms with Crippen molar-refractivity contribution in [3.63, 3.8) is 0 Å². The van der Waals surface area contributed by atoms with Gasteiger partial charge in [0.25, 0.3) is 0 Å². The number of hydrogen-bond acceptors (Lipinski definition) is 3. The molecule has 0 fully saturated rings. The molecule has 5 nitrogen and oxygen atoms in total. The Balaban J connectivity index is 2.19. The number of rotatable bonds is 4. The summed E-state index contributed by atoms with van der Waals surface area (Å²) < 4.78 is 5.54. The second-order valence-corrected chi connectivity index (χ2v) is 3.88. The minimum atomic E-state index is -0.519. The Kier molecular flexibility index (Phi) is 3.47. The third kappa shape index (κ3) is 3.10. The van der Waals surface area contributed by atoms with E-state index in [4.69, 9.17) is 16.2 Å². The van der Waals surface area contributed by atoms with E-state index in [1.807, 2.05) is 0 Å². The van der Waals surface area contributed by atoms with Crippen LogP contribution in [0.5, 0.6) is 11.5 Å². The average Bonchev–Trinajstić information content (AvgIpc) is 2.39. The molecule has 0 radical (unpaired) electrons. The predicted octanol–water partition coefficient (Wildman–Crippen LogP) is 1.68. The Hall–Kier alpha value is -2.82. The standard InChI is InChI=1S/C14H12N2O3/c15-13(17)9-4-6-11(7-5-9)19-12-3-1-2-10(8-12)14(16)18/h1-8H,(H2,15,17)(H2,16,18). The fourth-order valence-corrected chi connectivity index (χ4v) is 1.54. The number of ether oxygens (including phenoxy) is 1. The molecule has 0 saturated carbocycles. The lowest BCUT2D eigenvalue weighted by Gasteiger charge is -2.06. The molecule has 2 aromatic rings. The molecule has 0 saturated heterocycles. The van der Waals surface area contributed by atoms with Crippen LogP contribution in [0.4, 0.5) is 0 Å². The highest BCUT2D eigenvalue weighted by molar-refractivity contribution is 5.93. The van der Waals surface area contributed by atoms with Gasteiger partial charge in [0.1, 0.15) is 11.5 Å². The summed E-state index contributed by atoms with van der Waals surface area (Å²) in [5.41, 5.74) is 11.1.